The number of H-pyrrole nitrogens is 1. The van der Waals surface area contributed by atoms with Gasteiger partial charge in [-0.05, 0) is 25.3 Å². The smallest absolute Gasteiger partial charge is 0.274 e. The average molecular weight is 255 g/mol. The fourth-order valence-electron chi connectivity index (χ4n) is 2.09. The zero-order valence-electron chi connectivity index (χ0n) is 10.5. The Bertz CT molecular complexity index is 704. The number of aryl methyl sites for hydroxylation is 2. The molecule has 2 N–H and O–H groups in total. The van der Waals surface area contributed by atoms with Crippen LogP contribution in [0.5, 0.6) is 0 Å². The van der Waals surface area contributed by atoms with Gasteiger partial charge in [-0.25, -0.2) is 5.43 Å². The molecule has 3 rings (SSSR count). The molecule has 96 valence electrons. The predicted octanol–water partition coefficient (Wildman–Crippen LogP) is 1.24. The first-order valence-electron chi connectivity index (χ1n) is 6.08. The van der Waals surface area contributed by atoms with E-state index >= 15 is 0 Å². The molecule has 0 saturated heterocycles. The first kappa shape index (κ1) is 11.6. The summed E-state index contributed by atoms with van der Waals surface area (Å²) in [6.07, 6.45) is 1.88. The van der Waals surface area contributed by atoms with Crippen molar-refractivity contribution in [3.05, 3.63) is 51.4 Å². The molecule has 0 radical (unpaired) electrons. The second kappa shape index (κ2) is 4.64. The van der Waals surface area contributed by atoms with Crippen molar-refractivity contribution in [2.45, 2.75) is 19.8 Å². The third kappa shape index (κ3) is 2.24. The summed E-state index contributed by atoms with van der Waals surface area (Å²) >= 11 is 0. The molecule has 1 aromatic carbocycles. The fraction of sp³-hybridized carbons (Fsp3) is 0.231. The quantitative estimate of drug-likeness (QED) is 0.791. The van der Waals surface area contributed by atoms with Crippen LogP contribution in [-0.4, -0.2) is 20.9 Å². The maximum absolute atomic E-state index is 11.4. The van der Waals surface area contributed by atoms with Crippen LogP contribution in [0, 0.1) is 6.92 Å². The van der Waals surface area contributed by atoms with E-state index in [4.69, 9.17) is 0 Å². The Morgan fingerprint density at radius 3 is 2.95 bits per heavy atom. The molecule has 2 aromatic rings. The van der Waals surface area contributed by atoms with Crippen molar-refractivity contribution < 1.29 is 0 Å². The zero-order chi connectivity index (χ0) is 13.2. The van der Waals surface area contributed by atoms with Gasteiger partial charge in [-0.15, -0.1) is 10.2 Å². The molecule has 0 saturated carbocycles. The number of benzene rings is 1. The molecule has 0 atom stereocenters. The van der Waals surface area contributed by atoms with Crippen LogP contribution < -0.4 is 11.0 Å². The van der Waals surface area contributed by atoms with Crippen LogP contribution in [-0.2, 0) is 6.42 Å². The van der Waals surface area contributed by atoms with E-state index in [-0.39, 0.29) is 11.5 Å². The van der Waals surface area contributed by atoms with Crippen molar-refractivity contribution in [3.8, 4) is 0 Å². The van der Waals surface area contributed by atoms with Gasteiger partial charge in [0, 0.05) is 5.56 Å². The molecule has 1 aromatic heterocycles. The number of nitrogens with one attached hydrogen (secondary N) is 2. The normalized spacial score (nSPS) is 15.5. The molecule has 0 aliphatic heterocycles. The Labute approximate surface area is 109 Å². The van der Waals surface area contributed by atoms with Gasteiger partial charge in [0.2, 0.25) is 5.95 Å². The molecular formula is C13H13N5O. The van der Waals surface area contributed by atoms with Gasteiger partial charge in [-0.1, -0.05) is 24.3 Å². The summed E-state index contributed by atoms with van der Waals surface area (Å²) in [5, 5.41) is 11.9. The van der Waals surface area contributed by atoms with Crippen LogP contribution in [0.3, 0.4) is 0 Å². The van der Waals surface area contributed by atoms with E-state index in [2.05, 4.69) is 31.8 Å². The maximum Gasteiger partial charge on any atom is 0.274 e. The molecular weight excluding hydrogens is 242 g/mol. The fourth-order valence-corrected chi connectivity index (χ4v) is 2.09. The van der Waals surface area contributed by atoms with Crippen molar-refractivity contribution in [3.63, 3.8) is 0 Å². The highest BCUT2D eigenvalue weighted by atomic mass is 16.1. The molecule has 0 amide bonds. The first-order valence-corrected chi connectivity index (χ1v) is 6.08. The van der Waals surface area contributed by atoms with Gasteiger partial charge in [0.05, 0.1) is 5.71 Å². The SMILES string of the molecule is Cc1nnc(N/N=C2\CCc3ccccc32)[nH]c1=O. The van der Waals surface area contributed by atoms with Crippen LogP contribution in [0.2, 0.25) is 0 Å². The summed E-state index contributed by atoms with van der Waals surface area (Å²) in [4.78, 5) is 14.0. The minimum atomic E-state index is -0.260. The van der Waals surface area contributed by atoms with Crippen molar-refractivity contribution in [1.29, 1.82) is 0 Å². The first-order chi connectivity index (χ1) is 9.24. The molecule has 0 unspecified atom stereocenters. The van der Waals surface area contributed by atoms with E-state index in [0.29, 0.717) is 5.69 Å². The van der Waals surface area contributed by atoms with Crippen LogP contribution in [0.15, 0.2) is 34.2 Å². The summed E-state index contributed by atoms with van der Waals surface area (Å²) in [7, 11) is 0. The highest BCUT2D eigenvalue weighted by Gasteiger charge is 2.16. The van der Waals surface area contributed by atoms with Crippen LogP contribution in [0.1, 0.15) is 23.2 Å². The molecule has 1 aliphatic rings. The minimum Gasteiger partial charge on any atom is -0.288 e. The number of hydrogen-bond donors (Lipinski definition) is 2. The van der Waals surface area contributed by atoms with Gasteiger partial charge in [0.15, 0.2) is 0 Å². The number of aromatic nitrogens is 3. The number of nitrogens with zero attached hydrogens (tertiary/aromatic N) is 3. The summed E-state index contributed by atoms with van der Waals surface area (Å²) in [5.41, 5.74) is 6.25. The van der Waals surface area contributed by atoms with E-state index in [0.717, 1.165) is 24.1 Å². The van der Waals surface area contributed by atoms with E-state index in [1.165, 1.54) is 5.56 Å². The highest BCUT2D eigenvalue weighted by molar-refractivity contribution is 6.04. The Morgan fingerprint density at radius 1 is 1.26 bits per heavy atom. The lowest BCUT2D eigenvalue weighted by molar-refractivity contribution is 0.896. The largest absolute Gasteiger partial charge is 0.288 e. The van der Waals surface area contributed by atoms with Gasteiger partial charge in [-0.3, -0.25) is 9.78 Å². The van der Waals surface area contributed by atoms with Crippen LogP contribution >= 0.6 is 0 Å². The average Bonchev–Trinajstić information content (AvgIpc) is 2.83. The molecule has 6 nitrogen and oxygen atoms in total. The van der Waals surface area contributed by atoms with Gasteiger partial charge in [-0.2, -0.15) is 5.10 Å². The Morgan fingerprint density at radius 2 is 2.11 bits per heavy atom. The highest BCUT2D eigenvalue weighted by Crippen LogP contribution is 2.21. The Kier molecular flexibility index (Phi) is 2.83. The van der Waals surface area contributed by atoms with Crippen LogP contribution in [0.25, 0.3) is 0 Å². The summed E-state index contributed by atoms with van der Waals surface area (Å²) in [6, 6.07) is 8.17. The Hall–Kier alpha value is -2.50. The van der Waals surface area contributed by atoms with Gasteiger partial charge in [0.1, 0.15) is 5.69 Å². The molecule has 6 heteroatoms. The summed E-state index contributed by atoms with van der Waals surface area (Å²) in [6.45, 7) is 1.61. The van der Waals surface area contributed by atoms with Crippen molar-refractivity contribution in [2.75, 3.05) is 5.43 Å². The second-order valence-electron chi connectivity index (χ2n) is 4.42. The number of hydrazone groups is 1. The van der Waals surface area contributed by atoms with Crippen molar-refractivity contribution in [2.24, 2.45) is 5.10 Å². The van der Waals surface area contributed by atoms with E-state index in [1.54, 1.807) is 6.92 Å². The van der Waals surface area contributed by atoms with Gasteiger partial charge in [0.25, 0.3) is 5.56 Å². The third-order valence-electron chi connectivity index (χ3n) is 3.12. The molecule has 0 bridgehead atoms. The molecule has 19 heavy (non-hydrogen) atoms. The van der Waals surface area contributed by atoms with E-state index in [1.807, 2.05) is 18.2 Å². The topological polar surface area (TPSA) is 83.0 Å². The number of aromatic amines is 1. The standard InChI is InChI=1S/C13H13N5O/c1-8-12(19)14-13(17-15-8)18-16-11-7-6-9-4-2-3-5-10(9)11/h2-5H,6-7H2,1H3,(H2,14,17,18,19)/b16-11+. The molecule has 1 heterocycles. The van der Waals surface area contributed by atoms with Gasteiger partial charge < -0.3 is 0 Å². The molecule has 0 fully saturated rings. The number of hydrogen-bond acceptors (Lipinski definition) is 5. The number of fused-ring (bicyclic) bond motifs is 1. The zero-order valence-corrected chi connectivity index (χ0v) is 10.5. The summed E-state index contributed by atoms with van der Waals surface area (Å²) in [5.74, 6) is 0.257. The van der Waals surface area contributed by atoms with Crippen molar-refractivity contribution in [1.82, 2.24) is 15.2 Å². The lowest BCUT2D eigenvalue weighted by Gasteiger charge is -2.01. The van der Waals surface area contributed by atoms with Crippen molar-refractivity contribution >= 4 is 11.7 Å². The van der Waals surface area contributed by atoms with Crippen LogP contribution in [0.4, 0.5) is 5.95 Å². The second-order valence-corrected chi connectivity index (χ2v) is 4.42. The van der Waals surface area contributed by atoms with E-state index in [9.17, 15) is 4.79 Å². The minimum absolute atomic E-state index is 0.257. The van der Waals surface area contributed by atoms with E-state index < -0.39 is 0 Å². The summed E-state index contributed by atoms with van der Waals surface area (Å²) < 4.78 is 0. The monoisotopic (exact) mass is 255 g/mol. The molecule has 0 spiro atoms. The Balaban J connectivity index is 1.84. The predicted molar refractivity (Wildman–Crippen MR) is 72.3 cm³/mol. The molecule has 1 aliphatic carbocycles. The number of rotatable bonds is 2. The maximum atomic E-state index is 11.4. The lowest BCUT2D eigenvalue weighted by atomic mass is 10.1. The van der Waals surface area contributed by atoms with Gasteiger partial charge >= 0.3 is 0 Å². The third-order valence-corrected chi connectivity index (χ3v) is 3.12. The number of anilines is 1. The lowest BCUT2D eigenvalue weighted by Crippen LogP contribution is -2.16.